The summed E-state index contributed by atoms with van der Waals surface area (Å²) in [5, 5.41) is 7.51. The highest BCUT2D eigenvalue weighted by atomic mass is 19.4. The number of hydrogen-bond donors (Lipinski definition) is 2. The first-order chi connectivity index (χ1) is 15.8. The first kappa shape index (κ1) is 23.5. The van der Waals surface area contributed by atoms with Gasteiger partial charge in [-0.2, -0.15) is 18.2 Å². The summed E-state index contributed by atoms with van der Waals surface area (Å²) < 4.78 is 66.2. The third-order valence-corrected chi connectivity index (χ3v) is 5.73. The lowest BCUT2D eigenvalue weighted by Gasteiger charge is -2.35. The average molecular weight is 470 g/mol. The Labute approximate surface area is 187 Å². The van der Waals surface area contributed by atoms with Crippen LogP contribution in [0.15, 0.2) is 28.8 Å². The Bertz CT molecular complexity index is 1080. The number of alkyl halides is 4. The molecule has 3 aromatic rings. The third-order valence-electron chi connectivity index (χ3n) is 5.73. The highest BCUT2D eigenvalue weighted by molar-refractivity contribution is 5.96. The number of halogens is 4. The summed E-state index contributed by atoms with van der Waals surface area (Å²) in [5.74, 6) is 0.129. The molecule has 1 aromatic carbocycles. The first-order valence-corrected chi connectivity index (χ1v) is 10.6. The minimum Gasteiger partial charge on any atom is -0.383 e. The number of ether oxygens (including phenoxy) is 1. The molecule has 0 amide bonds. The van der Waals surface area contributed by atoms with Gasteiger partial charge < -0.3 is 24.9 Å². The van der Waals surface area contributed by atoms with Crippen molar-refractivity contribution >= 4 is 16.6 Å². The lowest BCUT2D eigenvalue weighted by atomic mass is 10.0. The number of nitrogens with zero attached hydrogens (tertiary/aromatic N) is 4. The van der Waals surface area contributed by atoms with Crippen molar-refractivity contribution in [2.75, 3.05) is 38.7 Å². The second kappa shape index (κ2) is 9.65. The fraction of sp³-hybridized carbons (Fsp3) is 0.524. The topological polar surface area (TPSA) is 94.4 Å². The van der Waals surface area contributed by atoms with E-state index < -0.39 is 24.9 Å². The number of hydrogen-bond acceptors (Lipinski definition) is 7. The SMILES string of the molecule is COCCN1CC[C@@H](Nc2cccc3c2cc(-c2noc(CN)n2)n3CC(F)(F)F)[C@@H](F)C1. The molecule has 180 valence electrons. The van der Waals surface area contributed by atoms with E-state index in [2.05, 4.69) is 15.5 Å². The van der Waals surface area contributed by atoms with Crippen LogP contribution in [0.4, 0.5) is 23.2 Å². The summed E-state index contributed by atoms with van der Waals surface area (Å²) in [6.07, 6.45) is -5.04. The maximum atomic E-state index is 14.9. The van der Waals surface area contributed by atoms with Crippen molar-refractivity contribution in [2.45, 2.75) is 37.9 Å². The number of nitrogens with one attached hydrogen (secondary N) is 1. The molecule has 12 heteroatoms. The lowest BCUT2D eigenvalue weighted by Crippen LogP contribution is -2.48. The summed E-state index contributed by atoms with van der Waals surface area (Å²) in [5.41, 5.74) is 6.52. The Morgan fingerprint density at radius 2 is 2.15 bits per heavy atom. The van der Waals surface area contributed by atoms with Crippen LogP contribution < -0.4 is 11.1 Å². The molecule has 1 fully saturated rings. The second-order valence-electron chi connectivity index (χ2n) is 8.03. The van der Waals surface area contributed by atoms with E-state index in [4.69, 9.17) is 15.0 Å². The molecule has 33 heavy (non-hydrogen) atoms. The van der Waals surface area contributed by atoms with Crippen molar-refractivity contribution in [3.63, 3.8) is 0 Å². The molecule has 0 bridgehead atoms. The highest BCUT2D eigenvalue weighted by Crippen LogP contribution is 2.35. The third kappa shape index (κ3) is 5.28. The van der Waals surface area contributed by atoms with Crippen LogP contribution in [-0.2, 0) is 17.8 Å². The van der Waals surface area contributed by atoms with Crippen molar-refractivity contribution in [3.8, 4) is 11.5 Å². The molecule has 4 rings (SSSR count). The minimum atomic E-state index is -4.47. The number of likely N-dealkylation sites (tertiary alicyclic amines) is 1. The zero-order chi connectivity index (χ0) is 23.6. The van der Waals surface area contributed by atoms with Crippen LogP contribution in [-0.4, -0.2) is 71.3 Å². The Kier molecular flexibility index (Phi) is 6.86. The van der Waals surface area contributed by atoms with E-state index in [1.165, 1.54) is 0 Å². The molecule has 0 radical (unpaired) electrons. The predicted octanol–water partition coefficient (Wildman–Crippen LogP) is 3.18. The Hall–Kier alpha value is -2.70. The smallest absolute Gasteiger partial charge is 0.383 e. The van der Waals surface area contributed by atoms with Gasteiger partial charge in [0, 0.05) is 37.8 Å². The molecule has 0 unspecified atom stereocenters. The van der Waals surface area contributed by atoms with Gasteiger partial charge in [-0.3, -0.25) is 4.90 Å². The van der Waals surface area contributed by atoms with Crippen LogP contribution in [0, 0.1) is 0 Å². The Morgan fingerprint density at radius 3 is 2.82 bits per heavy atom. The molecule has 0 saturated carbocycles. The van der Waals surface area contributed by atoms with Gasteiger partial charge in [0.05, 0.1) is 30.4 Å². The lowest BCUT2D eigenvalue weighted by molar-refractivity contribution is -0.139. The molecule has 1 saturated heterocycles. The van der Waals surface area contributed by atoms with E-state index >= 15 is 0 Å². The predicted molar refractivity (Wildman–Crippen MR) is 114 cm³/mol. The van der Waals surface area contributed by atoms with Gasteiger partial charge in [0.15, 0.2) is 0 Å². The van der Waals surface area contributed by atoms with Gasteiger partial charge in [0.1, 0.15) is 12.7 Å². The number of piperidine rings is 1. The molecule has 2 aromatic heterocycles. The Morgan fingerprint density at radius 1 is 1.33 bits per heavy atom. The average Bonchev–Trinajstić information content (AvgIpc) is 3.38. The van der Waals surface area contributed by atoms with Crippen molar-refractivity contribution in [1.82, 2.24) is 19.6 Å². The normalized spacial score (nSPS) is 19.9. The van der Waals surface area contributed by atoms with E-state index in [-0.39, 0.29) is 30.5 Å². The van der Waals surface area contributed by atoms with Crippen LogP contribution in [0.5, 0.6) is 0 Å². The summed E-state index contributed by atoms with van der Waals surface area (Å²) >= 11 is 0. The number of rotatable bonds is 8. The van der Waals surface area contributed by atoms with Gasteiger partial charge >= 0.3 is 6.18 Å². The van der Waals surface area contributed by atoms with Gasteiger partial charge in [-0.25, -0.2) is 4.39 Å². The van der Waals surface area contributed by atoms with Crippen LogP contribution >= 0.6 is 0 Å². The van der Waals surface area contributed by atoms with E-state index in [9.17, 15) is 17.6 Å². The van der Waals surface area contributed by atoms with Crippen LogP contribution in [0.3, 0.4) is 0 Å². The van der Waals surface area contributed by atoms with Gasteiger partial charge in [-0.15, -0.1) is 0 Å². The molecule has 1 aliphatic heterocycles. The molecular weight excluding hydrogens is 444 g/mol. The number of fused-ring (bicyclic) bond motifs is 1. The molecule has 3 heterocycles. The van der Waals surface area contributed by atoms with Gasteiger partial charge in [0.25, 0.3) is 0 Å². The minimum absolute atomic E-state index is 0.0108. The zero-order valence-corrected chi connectivity index (χ0v) is 18.1. The number of methoxy groups -OCH3 is 1. The van der Waals surface area contributed by atoms with Crippen molar-refractivity contribution in [3.05, 3.63) is 30.2 Å². The van der Waals surface area contributed by atoms with Gasteiger partial charge in [-0.1, -0.05) is 11.2 Å². The molecule has 1 aliphatic rings. The fourth-order valence-electron chi connectivity index (χ4n) is 4.14. The largest absolute Gasteiger partial charge is 0.406 e. The Balaban J connectivity index is 1.65. The monoisotopic (exact) mass is 470 g/mol. The van der Waals surface area contributed by atoms with Crippen LogP contribution in [0.1, 0.15) is 12.3 Å². The zero-order valence-electron chi connectivity index (χ0n) is 18.1. The molecular formula is C21H26F4N6O2. The number of aromatic nitrogens is 3. The molecule has 3 N–H and O–H groups in total. The molecule has 8 nitrogen and oxygen atoms in total. The maximum absolute atomic E-state index is 14.9. The van der Waals surface area contributed by atoms with E-state index in [0.717, 1.165) is 4.57 Å². The van der Waals surface area contributed by atoms with E-state index in [1.807, 2.05) is 4.90 Å². The fourth-order valence-corrected chi connectivity index (χ4v) is 4.14. The van der Waals surface area contributed by atoms with Crippen LogP contribution in [0.2, 0.25) is 0 Å². The maximum Gasteiger partial charge on any atom is 0.406 e. The molecule has 0 spiro atoms. The summed E-state index contributed by atoms with van der Waals surface area (Å²) in [6, 6.07) is 6.06. The second-order valence-corrected chi connectivity index (χ2v) is 8.03. The van der Waals surface area contributed by atoms with Gasteiger partial charge in [0.2, 0.25) is 11.7 Å². The standard InChI is InChI=1S/C21H26F4N6O2/c1-32-8-7-30-6-5-16(14(22)11-30)27-15-3-2-4-17-13(15)9-18(31(17)12-21(23,24)25)20-28-19(10-26)33-29-20/h2-4,9,14,16,27H,5-8,10-12,26H2,1H3/t14-,16+/m0/s1. The summed E-state index contributed by atoms with van der Waals surface area (Å²) in [7, 11) is 1.60. The van der Waals surface area contributed by atoms with Crippen molar-refractivity contribution in [1.29, 1.82) is 0 Å². The molecule has 0 aliphatic carbocycles. The summed E-state index contributed by atoms with van der Waals surface area (Å²) in [6.45, 7) is 0.885. The number of anilines is 1. The number of nitrogens with two attached hydrogens (primary N) is 1. The van der Waals surface area contributed by atoms with Crippen molar-refractivity contribution < 1.29 is 26.8 Å². The van der Waals surface area contributed by atoms with Crippen LogP contribution in [0.25, 0.3) is 22.4 Å². The number of benzene rings is 1. The molecule has 2 atom stereocenters. The quantitative estimate of drug-likeness (QED) is 0.489. The highest BCUT2D eigenvalue weighted by Gasteiger charge is 2.32. The van der Waals surface area contributed by atoms with Crippen molar-refractivity contribution in [2.24, 2.45) is 5.73 Å². The van der Waals surface area contributed by atoms with Gasteiger partial charge in [-0.05, 0) is 24.6 Å². The summed E-state index contributed by atoms with van der Waals surface area (Å²) in [4.78, 5) is 6.08. The first-order valence-electron chi connectivity index (χ1n) is 10.6. The van der Waals surface area contributed by atoms with E-state index in [1.54, 1.807) is 31.4 Å². The van der Waals surface area contributed by atoms with E-state index in [0.29, 0.717) is 42.7 Å².